The Kier molecular flexibility index (Phi) is 3.20. The lowest BCUT2D eigenvalue weighted by Gasteiger charge is -2.33. The molecule has 1 aliphatic rings. The molecule has 1 rings (SSSR count). The Morgan fingerprint density at radius 2 is 2.55 bits per heavy atom. The second kappa shape index (κ2) is 3.77. The van der Waals surface area contributed by atoms with E-state index in [1.165, 1.54) is 0 Å². The van der Waals surface area contributed by atoms with Crippen molar-refractivity contribution in [3.05, 3.63) is 0 Å². The van der Waals surface area contributed by atoms with Crippen molar-refractivity contribution in [2.24, 2.45) is 0 Å². The number of hydrogen-bond donors (Lipinski definition) is 0. The number of hydrogen-bond acceptors (Lipinski definition) is 3. The van der Waals surface area contributed by atoms with E-state index in [0.717, 1.165) is 12.6 Å². The fourth-order valence-corrected chi connectivity index (χ4v) is 2.56. The number of ether oxygens (including phenoxy) is 1. The van der Waals surface area contributed by atoms with Gasteiger partial charge in [0.25, 0.3) is 0 Å². The second-order valence-electron chi connectivity index (χ2n) is 2.75. The van der Waals surface area contributed by atoms with Crippen LogP contribution in [0.5, 0.6) is 0 Å². The van der Waals surface area contributed by atoms with Gasteiger partial charge in [-0.2, -0.15) is 11.8 Å². The SMILES string of the molecule is CSC1(CP)CCC(=O)OC1. The molecule has 0 bridgehead atoms. The highest BCUT2D eigenvalue weighted by Gasteiger charge is 2.33. The van der Waals surface area contributed by atoms with Crippen molar-refractivity contribution >= 4 is 27.0 Å². The third kappa shape index (κ3) is 2.09. The summed E-state index contributed by atoms with van der Waals surface area (Å²) in [6.45, 7) is 0.580. The van der Waals surface area contributed by atoms with Crippen LogP contribution in [0.25, 0.3) is 0 Å². The molecule has 1 saturated heterocycles. The van der Waals surface area contributed by atoms with E-state index in [1.807, 2.05) is 0 Å². The van der Waals surface area contributed by atoms with Gasteiger partial charge in [-0.25, -0.2) is 0 Å². The fraction of sp³-hybridized carbons (Fsp3) is 0.857. The molecule has 0 aromatic carbocycles. The van der Waals surface area contributed by atoms with Gasteiger partial charge >= 0.3 is 5.97 Å². The van der Waals surface area contributed by atoms with Crippen LogP contribution >= 0.6 is 21.0 Å². The molecule has 0 N–H and O–H groups in total. The van der Waals surface area contributed by atoms with Gasteiger partial charge in [-0.3, -0.25) is 4.79 Å². The van der Waals surface area contributed by atoms with Crippen molar-refractivity contribution in [3.8, 4) is 0 Å². The van der Waals surface area contributed by atoms with Gasteiger partial charge in [0.05, 0.1) is 4.75 Å². The summed E-state index contributed by atoms with van der Waals surface area (Å²) in [6, 6.07) is 0. The van der Waals surface area contributed by atoms with Crippen LogP contribution < -0.4 is 0 Å². The van der Waals surface area contributed by atoms with Crippen LogP contribution in [0.1, 0.15) is 12.8 Å². The van der Waals surface area contributed by atoms with Gasteiger partial charge in [0.1, 0.15) is 6.61 Å². The van der Waals surface area contributed by atoms with E-state index in [1.54, 1.807) is 11.8 Å². The van der Waals surface area contributed by atoms with E-state index in [-0.39, 0.29) is 10.7 Å². The van der Waals surface area contributed by atoms with Crippen molar-refractivity contribution in [1.82, 2.24) is 0 Å². The van der Waals surface area contributed by atoms with E-state index in [4.69, 9.17) is 4.74 Å². The normalized spacial score (nSPS) is 31.6. The molecule has 2 nitrogen and oxygen atoms in total. The molecule has 0 spiro atoms. The lowest BCUT2D eigenvalue weighted by molar-refractivity contribution is -0.147. The molecule has 1 fully saturated rings. The number of carbonyl (C=O) groups is 1. The maximum absolute atomic E-state index is 10.7. The highest BCUT2D eigenvalue weighted by atomic mass is 32.2. The summed E-state index contributed by atoms with van der Waals surface area (Å²) in [5, 5.41) is 0. The first-order valence-electron chi connectivity index (χ1n) is 3.63. The molecule has 0 saturated carbocycles. The predicted molar refractivity (Wildman–Crippen MR) is 51.0 cm³/mol. The molecule has 0 amide bonds. The van der Waals surface area contributed by atoms with Crippen LogP contribution in [-0.4, -0.2) is 29.7 Å². The van der Waals surface area contributed by atoms with Crippen LogP contribution in [0.4, 0.5) is 0 Å². The molecule has 0 radical (unpaired) electrons. The van der Waals surface area contributed by atoms with Gasteiger partial charge in [-0.1, -0.05) is 0 Å². The van der Waals surface area contributed by atoms with E-state index < -0.39 is 0 Å². The van der Waals surface area contributed by atoms with Gasteiger partial charge in [0.15, 0.2) is 0 Å². The molecule has 11 heavy (non-hydrogen) atoms. The first-order valence-corrected chi connectivity index (χ1v) is 5.67. The Bertz CT molecular complexity index is 145. The number of thioether (sulfide) groups is 1. The summed E-state index contributed by atoms with van der Waals surface area (Å²) in [7, 11) is 2.72. The van der Waals surface area contributed by atoms with Crippen LogP contribution in [-0.2, 0) is 9.53 Å². The molecule has 1 aliphatic heterocycles. The highest BCUT2D eigenvalue weighted by Crippen LogP contribution is 2.33. The van der Waals surface area contributed by atoms with E-state index in [9.17, 15) is 4.79 Å². The van der Waals surface area contributed by atoms with Gasteiger partial charge < -0.3 is 4.74 Å². The maximum Gasteiger partial charge on any atom is 0.305 e. The topological polar surface area (TPSA) is 26.3 Å². The average molecular weight is 192 g/mol. The quantitative estimate of drug-likeness (QED) is 0.487. The third-order valence-electron chi connectivity index (χ3n) is 2.09. The lowest BCUT2D eigenvalue weighted by Crippen LogP contribution is -2.38. The number of rotatable bonds is 2. The summed E-state index contributed by atoms with van der Waals surface area (Å²) in [5.74, 6) is -0.0480. The summed E-state index contributed by atoms with van der Waals surface area (Å²) < 4.78 is 5.18. The molecular formula is C7H13O2PS. The Hall–Kier alpha value is 0.250. The average Bonchev–Trinajstić information content (AvgIpc) is 2.07. The van der Waals surface area contributed by atoms with Gasteiger partial charge in [0.2, 0.25) is 0 Å². The first-order chi connectivity index (χ1) is 5.22. The molecule has 0 aromatic heterocycles. The number of esters is 1. The van der Waals surface area contributed by atoms with Crippen LogP contribution in [0.3, 0.4) is 0 Å². The maximum atomic E-state index is 10.7. The van der Waals surface area contributed by atoms with Gasteiger partial charge in [-0.15, -0.1) is 9.24 Å². The minimum absolute atomic E-state index is 0.0480. The molecule has 1 heterocycles. The first kappa shape index (κ1) is 9.34. The van der Waals surface area contributed by atoms with Crippen molar-refractivity contribution in [2.75, 3.05) is 19.0 Å². The Morgan fingerprint density at radius 3 is 2.91 bits per heavy atom. The summed E-state index contributed by atoms with van der Waals surface area (Å²) in [4.78, 5) is 10.7. The zero-order valence-corrected chi connectivity index (χ0v) is 8.60. The fourth-order valence-electron chi connectivity index (χ4n) is 1.09. The van der Waals surface area contributed by atoms with Crippen molar-refractivity contribution < 1.29 is 9.53 Å². The lowest BCUT2D eigenvalue weighted by atomic mass is 10.0. The van der Waals surface area contributed by atoms with Crippen molar-refractivity contribution in [3.63, 3.8) is 0 Å². The number of carbonyl (C=O) groups excluding carboxylic acids is 1. The smallest absolute Gasteiger partial charge is 0.305 e. The zero-order valence-electron chi connectivity index (χ0n) is 6.63. The van der Waals surface area contributed by atoms with Gasteiger partial charge in [-0.05, 0) is 18.8 Å². The van der Waals surface area contributed by atoms with E-state index in [2.05, 4.69) is 15.5 Å². The molecular weight excluding hydrogens is 179 g/mol. The van der Waals surface area contributed by atoms with E-state index >= 15 is 0 Å². The van der Waals surface area contributed by atoms with Gasteiger partial charge in [0, 0.05) is 6.42 Å². The third-order valence-corrected chi connectivity index (χ3v) is 4.52. The number of cyclic esters (lactones) is 1. The second-order valence-corrected chi connectivity index (χ2v) is 4.43. The highest BCUT2D eigenvalue weighted by molar-refractivity contribution is 8.00. The predicted octanol–water partition coefficient (Wildman–Crippen LogP) is 1.30. The van der Waals surface area contributed by atoms with Crippen molar-refractivity contribution in [1.29, 1.82) is 0 Å². The van der Waals surface area contributed by atoms with Crippen LogP contribution in [0.2, 0.25) is 0 Å². The minimum Gasteiger partial charge on any atom is -0.464 e. The largest absolute Gasteiger partial charge is 0.464 e. The molecule has 2 atom stereocenters. The Balaban J connectivity index is 2.52. The molecule has 0 aromatic rings. The molecule has 0 aliphatic carbocycles. The van der Waals surface area contributed by atoms with Crippen LogP contribution in [0, 0.1) is 0 Å². The van der Waals surface area contributed by atoms with E-state index in [0.29, 0.717) is 13.0 Å². The molecule has 2 unspecified atom stereocenters. The molecule has 64 valence electrons. The summed E-state index contributed by atoms with van der Waals surface area (Å²) in [5.41, 5.74) is 0. The minimum atomic E-state index is -0.0480. The zero-order chi connectivity index (χ0) is 8.32. The standard InChI is InChI=1S/C7H13O2PS/c1-11-7(5-10)3-2-6(8)9-4-7/h2-5,10H2,1H3. The summed E-state index contributed by atoms with van der Waals surface area (Å²) in [6.07, 6.45) is 4.61. The monoisotopic (exact) mass is 192 g/mol. The van der Waals surface area contributed by atoms with Crippen molar-refractivity contribution in [2.45, 2.75) is 17.6 Å². The summed E-state index contributed by atoms with van der Waals surface area (Å²) >= 11 is 1.80. The molecule has 4 heteroatoms. The Labute approximate surface area is 73.7 Å². The van der Waals surface area contributed by atoms with Crippen LogP contribution in [0.15, 0.2) is 0 Å². The Morgan fingerprint density at radius 1 is 1.82 bits per heavy atom.